The highest BCUT2D eigenvalue weighted by atomic mass is 32.2. The van der Waals surface area contributed by atoms with Gasteiger partial charge in [-0.25, -0.2) is 8.42 Å². The maximum absolute atomic E-state index is 12.6. The van der Waals surface area contributed by atoms with Crippen LogP contribution in [-0.4, -0.2) is 31.7 Å². The lowest BCUT2D eigenvalue weighted by Crippen LogP contribution is -2.30. The fourth-order valence-corrected chi connectivity index (χ4v) is 4.22. The molecule has 0 heterocycles. The van der Waals surface area contributed by atoms with Gasteiger partial charge in [-0.1, -0.05) is 37.6 Å². The first kappa shape index (κ1) is 19.1. The Bertz CT molecular complexity index is 872. The molecule has 0 aliphatic rings. The van der Waals surface area contributed by atoms with Crippen molar-refractivity contribution in [3.05, 3.63) is 59.2 Å². The minimum absolute atomic E-state index is 0.176. The first-order chi connectivity index (χ1) is 11.8. The van der Waals surface area contributed by atoms with Gasteiger partial charge in [-0.3, -0.25) is 4.79 Å². The number of aryl methyl sites for hydroxylation is 2. The third-order valence-corrected chi connectivity index (χ3v) is 6.11. The highest BCUT2D eigenvalue weighted by Crippen LogP contribution is 2.20. The second-order valence-electron chi connectivity index (χ2n) is 5.89. The number of hydrogen-bond acceptors (Lipinski definition) is 3. The zero-order chi connectivity index (χ0) is 18.6. The second-order valence-corrected chi connectivity index (χ2v) is 7.83. The van der Waals surface area contributed by atoms with Crippen LogP contribution in [-0.2, 0) is 10.0 Å². The number of anilines is 1. The lowest BCUT2D eigenvalue weighted by Gasteiger charge is -2.19. The standard InChI is InChI=1S/C19H24N2O3S/c1-5-21(6-2)25(23,24)17-9-7-8-16(13-17)20-19(22)18-11-10-14(3)12-15(18)4/h7-13H,5-6H2,1-4H3,(H,20,22). The zero-order valence-electron chi connectivity index (χ0n) is 15.0. The molecule has 0 atom stereocenters. The molecule has 6 heteroatoms. The third kappa shape index (κ3) is 4.27. The van der Waals surface area contributed by atoms with Gasteiger partial charge in [0.15, 0.2) is 0 Å². The van der Waals surface area contributed by atoms with Crippen molar-refractivity contribution in [1.82, 2.24) is 4.31 Å². The van der Waals surface area contributed by atoms with Crippen LogP contribution in [0.2, 0.25) is 0 Å². The van der Waals surface area contributed by atoms with Crippen molar-refractivity contribution in [2.24, 2.45) is 0 Å². The Kier molecular flexibility index (Phi) is 5.98. The van der Waals surface area contributed by atoms with Crippen LogP contribution in [0.25, 0.3) is 0 Å². The second kappa shape index (κ2) is 7.80. The number of nitrogens with zero attached hydrogens (tertiary/aromatic N) is 1. The summed E-state index contributed by atoms with van der Waals surface area (Å²) >= 11 is 0. The highest BCUT2D eigenvalue weighted by Gasteiger charge is 2.22. The van der Waals surface area contributed by atoms with Gasteiger partial charge >= 0.3 is 0 Å². The van der Waals surface area contributed by atoms with E-state index in [9.17, 15) is 13.2 Å². The molecule has 0 aromatic heterocycles. The monoisotopic (exact) mass is 360 g/mol. The summed E-state index contributed by atoms with van der Waals surface area (Å²) in [5, 5.41) is 2.78. The summed E-state index contributed by atoms with van der Waals surface area (Å²) < 4.78 is 26.6. The van der Waals surface area contributed by atoms with Gasteiger partial charge in [0.05, 0.1) is 4.90 Å². The van der Waals surface area contributed by atoms with E-state index in [-0.39, 0.29) is 10.8 Å². The molecule has 0 spiro atoms. The summed E-state index contributed by atoms with van der Waals surface area (Å²) in [4.78, 5) is 12.7. The Morgan fingerprint density at radius 2 is 1.72 bits per heavy atom. The summed E-state index contributed by atoms with van der Waals surface area (Å²) in [7, 11) is -3.56. The Morgan fingerprint density at radius 3 is 2.32 bits per heavy atom. The molecule has 5 nitrogen and oxygen atoms in total. The van der Waals surface area contributed by atoms with Crippen molar-refractivity contribution >= 4 is 21.6 Å². The van der Waals surface area contributed by atoms with Crippen LogP contribution in [0.15, 0.2) is 47.4 Å². The van der Waals surface area contributed by atoms with E-state index in [0.29, 0.717) is 24.3 Å². The maximum Gasteiger partial charge on any atom is 0.255 e. The van der Waals surface area contributed by atoms with Crippen molar-refractivity contribution in [3.63, 3.8) is 0 Å². The summed E-state index contributed by atoms with van der Waals surface area (Å²) in [6, 6.07) is 11.9. The number of nitrogens with one attached hydrogen (secondary N) is 1. The van der Waals surface area contributed by atoms with Crippen LogP contribution in [0.4, 0.5) is 5.69 Å². The molecule has 2 aromatic carbocycles. The van der Waals surface area contributed by atoms with Gasteiger partial charge in [0.2, 0.25) is 10.0 Å². The maximum atomic E-state index is 12.6. The van der Waals surface area contributed by atoms with Crippen LogP contribution in [0.1, 0.15) is 35.3 Å². The number of hydrogen-bond donors (Lipinski definition) is 1. The van der Waals surface area contributed by atoms with Crippen LogP contribution in [0.5, 0.6) is 0 Å². The summed E-state index contributed by atoms with van der Waals surface area (Å²) in [5.74, 6) is -0.255. The first-order valence-electron chi connectivity index (χ1n) is 8.28. The largest absolute Gasteiger partial charge is 0.322 e. The van der Waals surface area contributed by atoms with E-state index >= 15 is 0 Å². The molecule has 1 amide bonds. The number of carbonyl (C=O) groups excluding carboxylic acids is 1. The van der Waals surface area contributed by atoms with Crippen LogP contribution < -0.4 is 5.32 Å². The van der Waals surface area contributed by atoms with Crippen molar-refractivity contribution in [3.8, 4) is 0 Å². The Hall–Kier alpha value is -2.18. The summed E-state index contributed by atoms with van der Waals surface area (Å²) in [6.07, 6.45) is 0. The van der Waals surface area contributed by atoms with Crippen LogP contribution >= 0.6 is 0 Å². The van der Waals surface area contributed by atoms with Crippen molar-refractivity contribution in [2.75, 3.05) is 18.4 Å². The van der Waals surface area contributed by atoms with Gasteiger partial charge in [0.25, 0.3) is 5.91 Å². The van der Waals surface area contributed by atoms with E-state index in [4.69, 9.17) is 0 Å². The Morgan fingerprint density at radius 1 is 1.04 bits per heavy atom. The fraction of sp³-hybridized carbons (Fsp3) is 0.316. The SMILES string of the molecule is CCN(CC)S(=O)(=O)c1cccc(NC(=O)c2ccc(C)cc2C)c1. The topological polar surface area (TPSA) is 66.5 Å². The molecule has 134 valence electrons. The number of sulfonamides is 1. The molecule has 0 saturated heterocycles. The van der Waals surface area contributed by atoms with E-state index in [1.165, 1.54) is 10.4 Å². The minimum atomic E-state index is -3.56. The van der Waals surface area contributed by atoms with Gasteiger partial charge in [-0.2, -0.15) is 4.31 Å². The normalized spacial score (nSPS) is 11.6. The summed E-state index contributed by atoms with van der Waals surface area (Å²) in [5.41, 5.74) is 2.99. The van der Waals surface area contributed by atoms with Crippen LogP contribution in [0, 0.1) is 13.8 Å². The van der Waals surface area contributed by atoms with Crippen molar-refractivity contribution in [2.45, 2.75) is 32.6 Å². The molecule has 2 aromatic rings. The number of carbonyl (C=O) groups is 1. The molecule has 0 fully saturated rings. The first-order valence-corrected chi connectivity index (χ1v) is 9.72. The quantitative estimate of drug-likeness (QED) is 0.856. The minimum Gasteiger partial charge on any atom is -0.322 e. The highest BCUT2D eigenvalue weighted by molar-refractivity contribution is 7.89. The van der Waals surface area contributed by atoms with Crippen molar-refractivity contribution in [1.29, 1.82) is 0 Å². The molecule has 0 aliphatic heterocycles. The molecule has 1 N–H and O–H groups in total. The van der Waals surface area contributed by atoms with E-state index in [1.807, 2.05) is 26.0 Å². The van der Waals surface area contributed by atoms with E-state index < -0.39 is 10.0 Å². The van der Waals surface area contributed by atoms with Gasteiger partial charge in [-0.05, 0) is 43.7 Å². The number of benzene rings is 2. The lowest BCUT2D eigenvalue weighted by molar-refractivity contribution is 0.102. The Labute approximate surface area is 149 Å². The molecule has 25 heavy (non-hydrogen) atoms. The molecule has 2 rings (SSSR count). The predicted molar refractivity (Wildman–Crippen MR) is 100 cm³/mol. The van der Waals surface area contributed by atoms with Crippen LogP contribution in [0.3, 0.4) is 0 Å². The van der Waals surface area contributed by atoms with Gasteiger partial charge in [0, 0.05) is 24.3 Å². The average Bonchev–Trinajstić information content (AvgIpc) is 2.55. The number of amides is 1. The molecule has 0 radical (unpaired) electrons. The van der Waals surface area contributed by atoms with E-state index in [0.717, 1.165) is 11.1 Å². The Balaban J connectivity index is 2.29. The average molecular weight is 360 g/mol. The predicted octanol–water partition coefficient (Wildman–Crippen LogP) is 3.59. The van der Waals surface area contributed by atoms with Crippen molar-refractivity contribution < 1.29 is 13.2 Å². The van der Waals surface area contributed by atoms with E-state index in [2.05, 4.69) is 5.32 Å². The van der Waals surface area contributed by atoms with Gasteiger partial charge in [0.1, 0.15) is 0 Å². The van der Waals surface area contributed by atoms with E-state index in [1.54, 1.807) is 38.1 Å². The van der Waals surface area contributed by atoms with Gasteiger partial charge in [-0.15, -0.1) is 0 Å². The molecule has 0 unspecified atom stereocenters. The lowest BCUT2D eigenvalue weighted by atomic mass is 10.1. The molecular formula is C19H24N2O3S. The van der Waals surface area contributed by atoms with Gasteiger partial charge < -0.3 is 5.32 Å². The molecular weight excluding hydrogens is 336 g/mol. The smallest absolute Gasteiger partial charge is 0.255 e. The third-order valence-electron chi connectivity index (χ3n) is 4.06. The molecule has 0 bridgehead atoms. The zero-order valence-corrected chi connectivity index (χ0v) is 15.9. The fourth-order valence-electron chi connectivity index (χ4n) is 2.71. The summed E-state index contributed by atoms with van der Waals surface area (Å²) in [6.45, 7) is 8.25. The molecule has 0 saturated carbocycles. The number of rotatable bonds is 6. The molecule has 0 aliphatic carbocycles.